The molecule has 1 amide bonds. The third kappa shape index (κ3) is 7.07. The monoisotopic (exact) mass is 434 g/mol. The van der Waals surface area contributed by atoms with E-state index in [0.717, 1.165) is 58.5 Å². The number of rotatable bonds is 9. The van der Waals surface area contributed by atoms with Gasteiger partial charge in [-0.2, -0.15) is 0 Å². The van der Waals surface area contributed by atoms with Crippen LogP contribution in [0.4, 0.5) is 11.4 Å². The minimum absolute atomic E-state index is 0.0188. The zero-order valence-corrected chi connectivity index (χ0v) is 18.5. The predicted octanol–water partition coefficient (Wildman–Crippen LogP) is 2.80. The molecule has 1 aromatic rings. The number of carbonyl (C=O) groups is 1. The van der Waals surface area contributed by atoms with Gasteiger partial charge < -0.3 is 20.1 Å². The summed E-state index contributed by atoms with van der Waals surface area (Å²) in [6.45, 7) is 8.52. The van der Waals surface area contributed by atoms with E-state index in [9.17, 15) is 14.9 Å². The summed E-state index contributed by atoms with van der Waals surface area (Å²) in [5.74, 6) is 0.742. The number of nitro benzene ring substituents is 1. The van der Waals surface area contributed by atoms with Crippen molar-refractivity contribution in [3.05, 3.63) is 28.3 Å². The highest BCUT2D eigenvalue weighted by molar-refractivity contribution is 5.79. The van der Waals surface area contributed by atoms with Gasteiger partial charge in [0.1, 0.15) is 18.0 Å². The van der Waals surface area contributed by atoms with Crippen LogP contribution in [0.5, 0.6) is 5.75 Å². The first-order valence-corrected chi connectivity index (χ1v) is 11.2. The zero-order chi connectivity index (χ0) is 22.2. The van der Waals surface area contributed by atoms with Crippen molar-refractivity contribution in [2.45, 2.75) is 51.6 Å². The smallest absolute Gasteiger partial charge is 0.292 e. The number of nitrogens with one attached hydrogen (secondary N) is 2. The van der Waals surface area contributed by atoms with Crippen molar-refractivity contribution in [2.24, 2.45) is 5.92 Å². The maximum atomic E-state index is 12.2. The molecule has 2 fully saturated rings. The molecule has 0 aromatic heterocycles. The lowest BCUT2D eigenvalue weighted by Crippen LogP contribution is -2.39. The van der Waals surface area contributed by atoms with Crippen LogP contribution in [0.2, 0.25) is 0 Å². The fourth-order valence-corrected chi connectivity index (χ4v) is 4.12. The van der Waals surface area contributed by atoms with Gasteiger partial charge in [-0.25, -0.2) is 0 Å². The van der Waals surface area contributed by atoms with Crippen LogP contribution in [-0.2, 0) is 9.53 Å². The molecule has 1 aromatic carbocycles. The van der Waals surface area contributed by atoms with E-state index in [1.54, 1.807) is 12.1 Å². The summed E-state index contributed by atoms with van der Waals surface area (Å²) in [6.07, 6.45) is 3.16. The number of morpholine rings is 1. The van der Waals surface area contributed by atoms with Crippen LogP contribution in [0.15, 0.2) is 18.2 Å². The highest BCUT2D eigenvalue weighted by Crippen LogP contribution is 2.33. The van der Waals surface area contributed by atoms with Gasteiger partial charge >= 0.3 is 0 Å². The Bertz CT molecular complexity index is 743. The lowest BCUT2D eigenvalue weighted by molar-refractivity contribution is -0.384. The van der Waals surface area contributed by atoms with Gasteiger partial charge in [-0.05, 0) is 45.6 Å². The van der Waals surface area contributed by atoms with Crippen LogP contribution < -0.4 is 15.4 Å². The van der Waals surface area contributed by atoms with Gasteiger partial charge in [0, 0.05) is 49.8 Å². The maximum Gasteiger partial charge on any atom is 0.292 e. The summed E-state index contributed by atoms with van der Waals surface area (Å²) in [6, 6.07) is 5.10. The van der Waals surface area contributed by atoms with E-state index < -0.39 is 0 Å². The Labute approximate surface area is 183 Å². The Kier molecular flexibility index (Phi) is 8.48. The number of amides is 1. The largest absolute Gasteiger partial charge is 0.492 e. The number of nitrogens with zero attached hydrogens (tertiary/aromatic N) is 2. The second-order valence-electron chi connectivity index (χ2n) is 8.59. The molecule has 0 radical (unpaired) electrons. The second-order valence-corrected chi connectivity index (χ2v) is 8.59. The lowest BCUT2D eigenvalue weighted by Gasteiger charge is -2.29. The van der Waals surface area contributed by atoms with Crippen LogP contribution >= 0.6 is 0 Å². The van der Waals surface area contributed by atoms with Crippen molar-refractivity contribution in [2.75, 3.05) is 44.8 Å². The van der Waals surface area contributed by atoms with Crippen molar-refractivity contribution in [1.29, 1.82) is 0 Å². The third-order valence-electron chi connectivity index (χ3n) is 5.83. The summed E-state index contributed by atoms with van der Waals surface area (Å²) >= 11 is 0. The molecule has 172 valence electrons. The third-order valence-corrected chi connectivity index (χ3v) is 5.83. The van der Waals surface area contributed by atoms with E-state index in [4.69, 9.17) is 9.47 Å². The molecular weight excluding hydrogens is 400 g/mol. The SMILES string of the molecule is CC(C)NC(=O)C1CCC(Nc2cc(OCCN3CCOCC3)ccc2[N+](=O)[O-])CC1. The molecule has 0 unspecified atom stereocenters. The van der Waals surface area contributed by atoms with E-state index in [2.05, 4.69) is 15.5 Å². The maximum absolute atomic E-state index is 12.2. The number of nitro groups is 1. The fraction of sp³-hybridized carbons (Fsp3) is 0.682. The van der Waals surface area contributed by atoms with Crippen molar-refractivity contribution in [3.8, 4) is 5.75 Å². The van der Waals surface area contributed by atoms with Gasteiger partial charge in [-0.15, -0.1) is 0 Å². The van der Waals surface area contributed by atoms with Crippen LogP contribution in [0.25, 0.3) is 0 Å². The predicted molar refractivity (Wildman–Crippen MR) is 118 cm³/mol. The van der Waals surface area contributed by atoms with Gasteiger partial charge in [0.2, 0.25) is 5.91 Å². The first-order chi connectivity index (χ1) is 14.9. The molecule has 9 nitrogen and oxygen atoms in total. The molecule has 0 spiro atoms. The molecule has 1 heterocycles. The number of anilines is 1. The Morgan fingerprint density at radius 2 is 1.97 bits per heavy atom. The highest BCUT2D eigenvalue weighted by atomic mass is 16.6. The lowest BCUT2D eigenvalue weighted by atomic mass is 9.85. The molecule has 1 aliphatic heterocycles. The zero-order valence-electron chi connectivity index (χ0n) is 18.5. The van der Waals surface area contributed by atoms with Gasteiger partial charge in [0.15, 0.2) is 0 Å². The Hall–Kier alpha value is -2.39. The summed E-state index contributed by atoms with van der Waals surface area (Å²) < 4.78 is 11.2. The minimum Gasteiger partial charge on any atom is -0.492 e. The Balaban J connectivity index is 1.54. The molecule has 1 saturated heterocycles. The first-order valence-electron chi connectivity index (χ1n) is 11.2. The van der Waals surface area contributed by atoms with Crippen LogP contribution in [0, 0.1) is 16.0 Å². The topological polar surface area (TPSA) is 106 Å². The van der Waals surface area contributed by atoms with Crippen molar-refractivity contribution in [3.63, 3.8) is 0 Å². The Morgan fingerprint density at radius 1 is 1.26 bits per heavy atom. The van der Waals surface area contributed by atoms with Crippen molar-refractivity contribution < 1.29 is 19.2 Å². The van der Waals surface area contributed by atoms with Crippen LogP contribution in [0.3, 0.4) is 0 Å². The summed E-state index contributed by atoms with van der Waals surface area (Å²) in [7, 11) is 0. The molecule has 2 aliphatic rings. The molecule has 2 N–H and O–H groups in total. The number of hydrogen-bond donors (Lipinski definition) is 2. The Morgan fingerprint density at radius 3 is 2.61 bits per heavy atom. The van der Waals surface area contributed by atoms with Crippen molar-refractivity contribution >= 4 is 17.3 Å². The van der Waals surface area contributed by atoms with Gasteiger partial charge in [0.25, 0.3) is 5.69 Å². The quantitative estimate of drug-likeness (QED) is 0.455. The molecule has 1 saturated carbocycles. The van der Waals surface area contributed by atoms with E-state index in [0.29, 0.717) is 18.0 Å². The van der Waals surface area contributed by atoms with E-state index in [1.165, 1.54) is 6.07 Å². The van der Waals surface area contributed by atoms with E-state index >= 15 is 0 Å². The number of carbonyl (C=O) groups excluding carboxylic acids is 1. The standard InChI is InChI=1S/C22H34N4O5/c1-16(2)23-22(27)17-3-5-18(6-4-17)24-20-15-19(7-8-21(20)26(28)29)31-14-11-25-9-12-30-13-10-25/h7-8,15-18,24H,3-6,9-14H2,1-2H3,(H,23,27). The van der Waals surface area contributed by atoms with Crippen molar-refractivity contribution in [1.82, 2.24) is 10.2 Å². The number of ether oxygens (including phenoxy) is 2. The normalized spacial score (nSPS) is 22.2. The first kappa shape index (κ1) is 23.3. The molecule has 31 heavy (non-hydrogen) atoms. The summed E-state index contributed by atoms with van der Waals surface area (Å²) in [4.78, 5) is 25.6. The van der Waals surface area contributed by atoms with Gasteiger partial charge in [-0.3, -0.25) is 19.8 Å². The molecular formula is C22H34N4O5. The summed E-state index contributed by atoms with van der Waals surface area (Å²) in [5, 5.41) is 17.8. The second kappa shape index (κ2) is 11.3. The minimum atomic E-state index is -0.373. The van der Waals surface area contributed by atoms with Gasteiger partial charge in [-0.1, -0.05) is 0 Å². The molecule has 9 heteroatoms. The van der Waals surface area contributed by atoms with E-state index in [1.807, 2.05) is 13.8 Å². The number of benzene rings is 1. The molecule has 3 rings (SSSR count). The molecule has 0 bridgehead atoms. The molecule has 0 atom stereocenters. The number of hydrogen-bond acceptors (Lipinski definition) is 7. The van der Waals surface area contributed by atoms with Crippen LogP contribution in [-0.4, -0.2) is 67.3 Å². The molecule has 1 aliphatic carbocycles. The van der Waals surface area contributed by atoms with Gasteiger partial charge in [0.05, 0.1) is 18.1 Å². The average Bonchev–Trinajstić information content (AvgIpc) is 2.74. The average molecular weight is 435 g/mol. The van der Waals surface area contributed by atoms with Crippen LogP contribution in [0.1, 0.15) is 39.5 Å². The highest BCUT2D eigenvalue weighted by Gasteiger charge is 2.28. The summed E-state index contributed by atoms with van der Waals surface area (Å²) in [5.41, 5.74) is 0.518. The van der Waals surface area contributed by atoms with E-state index in [-0.39, 0.29) is 34.5 Å². The fourth-order valence-electron chi connectivity index (χ4n) is 4.12.